The number of amidine groups is 1. The van der Waals surface area contributed by atoms with Crippen molar-refractivity contribution in [1.29, 1.82) is 0 Å². The van der Waals surface area contributed by atoms with E-state index in [0.29, 0.717) is 11.3 Å². The summed E-state index contributed by atoms with van der Waals surface area (Å²) in [6.07, 6.45) is 0. The second-order valence-corrected chi connectivity index (χ2v) is 3.16. The third-order valence-corrected chi connectivity index (χ3v) is 2.08. The Morgan fingerprint density at radius 3 is 2.71 bits per heavy atom. The zero-order valence-corrected chi connectivity index (χ0v) is 9.45. The van der Waals surface area contributed by atoms with Crippen molar-refractivity contribution in [3.8, 4) is 11.3 Å². The summed E-state index contributed by atoms with van der Waals surface area (Å²) in [6, 6.07) is 9.15. The molecule has 0 fully saturated rings. The minimum Gasteiger partial charge on any atom is -0.453 e. The van der Waals surface area contributed by atoms with Crippen molar-refractivity contribution >= 4 is 18.2 Å². The maximum Gasteiger partial charge on any atom is 0.205 e. The molecule has 0 radical (unpaired) electrons. The summed E-state index contributed by atoms with van der Waals surface area (Å²) in [5, 5.41) is 11.3. The molecule has 0 saturated heterocycles. The maximum absolute atomic E-state index is 13.0. The lowest BCUT2D eigenvalue weighted by Gasteiger charge is -1.96. The number of rotatable bonds is 2. The molecule has 2 rings (SSSR count). The number of hydrogen-bond donors (Lipinski definition) is 2. The van der Waals surface area contributed by atoms with E-state index in [2.05, 4.69) is 5.16 Å². The molecule has 0 aliphatic rings. The van der Waals surface area contributed by atoms with Gasteiger partial charge in [0.1, 0.15) is 11.6 Å². The first-order valence-corrected chi connectivity index (χ1v) is 4.54. The molecule has 0 bridgehead atoms. The van der Waals surface area contributed by atoms with E-state index in [9.17, 15) is 4.39 Å². The van der Waals surface area contributed by atoms with Crippen molar-refractivity contribution < 1.29 is 14.0 Å². The number of nitrogens with zero attached hydrogens (tertiary/aromatic N) is 1. The molecule has 0 saturated carbocycles. The summed E-state index contributed by atoms with van der Waals surface area (Å²) in [4.78, 5) is 0. The van der Waals surface area contributed by atoms with Crippen molar-refractivity contribution in [2.45, 2.75) is 0 Å². The molecule has 1 heterocycles. The summed E-state index contributed by atoms with van der Waals surface area (Å²) in [6.45, 7) is 0. The Morgan fingerprint density at radius 2 is 2.06 bits per heavy atom. The monoisotopic (exact) mass is 256 g/mol. The molecular formula is C11H10ClFN2O2. The molecule has 0 amide bonds. The Morgan fingerprint density at radius 1 is 1.29 bits per heavy atom. The first-order chi connectivity index (χ1) is 7.70. The summed E-state index contributed by atoms with van der Waals surface area (Å²) >= 11 is 0. The SMILES string of the molecule is Cl.N/C(=N/O)c1ccc(-c2cccc(F)c2)o1. The van der Waals surface area contributed by atoms with Gasteiger partial charge in [-0.15, -0.1) is 12.4 Å². The number of benzene rings is 1. The first-order valence-electron chi connectivity index (χ1n) is 4.54. The van der Waals surface area contributed by atoms with E-state index >= 15 is 0 Å². The van der Waals surface area contributed by atoms with Crippen molar-refractivity contribution in [2.75, 3.05) is 0 Å². The van der Waals surface area contributed by atoms with Crippen molar-refractivity contribution in [1.82, 2.24) is 0 Å². The van der Waals surface area contributed by atoms with Crippen LogP contribution in [-0.2, 0) is 0 Å². The lowest BCUT2D eigenvalue weighted by atomic mass is 10.2. The summed E-state index contributed by atoms with van der Waals surface area (Å²) in [5.74, 6) is 0.227. The van der Waals surface area contributed by atoms with Gasteiger partial charge in [-0.3, -0.25) is 0 Å². The third-order valence-electron chi connectivity index (χ3n) is 2.08. The summed E-state index contributed by atoms with van der Waals surface area (Å²) < 4.78 is 18.2. The van der Waals surface area contributed by atoms with Crippen molar-refractivity contribution in [2.24, 2.45) is 10.9 Å². The van der Waals surface area contributed by atoms with E-state index < -0.39 is 0 Å². The quantitative estimate of drug-likeness (QED) is 0.375. The van der Waals surface area contributed by atoms with Crippen LogP contribution in [0.25, 0.3) is 11.3 Å². The zero-order valence-electron chi connectivity index (χ0n) is 8.63. The molecule has 0 aliphatic heterocycles. The third kappa shape index (κ3) is 2.76. The summed E-state index contributed by atoms with van der Waals surface area (Å²) in [5.41, 5.74) is 5.94. The molecular weight excluding hydrogens is 247 g/mol. The average Bonchev–Trinajstić information content (AvgIpc) is 2.77. The molecule has 0 atom stereocenters. The lowest BCUT2D eigenvalue weighted by Crippen LogP contribution is -2.11. The van der Waals surface area contributed by atoms with Crippen molar-refractivity contribution in [3.05, 3.63) is 48.0 Å². The van der Waals surface area contributed by atoms with E-state index in [0.717, 1.165) is 0 Å². The maximum atomic E-state index is 13.0. The molecule has 1 aromatic heterocycles. The van der Waals surface area contributed by atoms with Gasteiger partial charge in [-0.25, -0.2) is 4.39 Å². The van der Waals surface area contributed by atoms with Gasteiger partial charge in [0, 0.05) is 5.56 Å². The van der Waals surface area contributed by atoms with Gasteiger partial charge in [0.25, 0.3) is 0 Å². The van der Waals surface area contributed by atoms with Crippen LogP contribution < -0.4 is 5.73 Å². The average molecular weight is 257 g/mol. The largest absolute Gasteiger partial charge is 0.453 e. The highest BCUT2D eigenvalue weighted by atomic mass is 35.5. The second kappa shape index (κ2) is 5.36. The Kier molecular flexibility index (Phi) is 4.12. The Bertz CT molecular complexity index is 540. The van der Waals surface area contributed by atoms with Crippen LogP contribution in [0.5, 0.6) is 0 Å². The molecule has 6 heteroatoms. The van der Waals surface area contributed by atoms with Crippen LogP contribution >= 0.6 is 12.4 Å². The van der Waals surface area contributed by atoms with Gasteiger partial charge in [-0.2, -0.15) is 0 Å². The fourth-order valence-electron chi connectivity index (χ4n) is 1.32. The first kappa shape index (κ1) is 13.1. The van der Waals surface area contributed by atoms with Gasteiger partial charge in [0.05, 0.1) is 0 Å². The standard InChI is InChI=1S/C11H9FN2O2.ClH/c12-8-3-1-2-7(6-8)9-4-5-10(16-9)11(13)14-15;/h1-6,15H,(H2,13,14);1H. The van der Waals surface area contributed by atoms with Crippen LogP contribution in [-0.4, -0.2) is 11.0 Å². The molecule has 0 unspecified atom stereocenters. The smallest absolute Gasteiger partial charge is 0.205 e. The molecule has 17 heavy (non-hydrogen) atoms. The van der Waals surface area contributed by atoms with Crippen LogP contribution in [0.2, 0.25) is 0 Å². The predicted molar refractivity (Wildman–Crippen MR) is 63.9 cm³/mol. The minimum atomic E-state index is -0.348. The van der Waals surface area contributed by atoms with Crippen LogP contribution in [0, 0.1) is 5.82 Å². The molecule has 0 spiro atoms. The molecule has 90 valence electrons. The highest BCUT2D eigenvalue weighted by Crippen LogP contribution is 2.22. The lowest BCUT2D eigenvalue weighted by molar-refractivity contribution is 0.317. The normalized spacial score (nSPS) is 11.0. The molecule has 4 nitrogen and oxygen atoms in total. The number of nitrogens with two attached hydrogens (primary N) is 1. The van der Waals surface area contributed by atoms with Crippen LogP contribution in [0.15, 0.2) is 46.0 Å². The van der Waals surface area contributed by atoms with Crippen LogP contribution in [0.4, 0.5) is 4.39 Å². The zero-order chi connectivity index (χ0) is 11.5. The summed E-state index contributed by atoms with van der Waals surface area (Å²) in [7, 11) is 0. The van der Waals surface area contributed by atoms with Gasteiger partial charge < -0.3 is 15.4 Å². The van der Waals surface area contributed by atoms with E-state index in [1.807, 2.05) is 0 Å². The van der Waals surface area contributed by atoms with Gasteiger partial charge in [0.2, 0.25) is 5.84 Å². The second-order valence-electron chi connectivity index (χ2n) is 3.16. The molecule has 2 aromatic rings. The molecule has 3 N–H and O–H groups in total. The Hall–Kier alpha value is -2.01. The Balaban J connectivity index is 0.00000144. The van der Waals surface area contributed by atoms with E-state index in [1.54, 1.807) is 24.3 Å². The number of hydrogen-bond acceptors (Lipinski definition) is 3. The van der Waals surface area contributed by atoms with Gasteiger partial charge in [-0.05, 0) is 24.3 Å². The fourth-order valence-corrected chi connectivity index (χ4v) is 1.32. The fraction of sp³-hybridized carbons (Fsp3) is 0. The molecule has 0 aliphatic carbocycles. The van der Waals surface area contributed by atoms with Crippen LogP contribution in [0.3, 0.4) is 0 Å². The van der Waals surface area contributed by atoms with Crippen molar-refractivity contribution in [3.63, 3.8) is 0 Å². The van der Waals surface area contributed by atoms with Crippen LogP contribution in [0.1, 0.15) is 5.76 Å². The highest BCUT2D eigenvalue weighted by Gasteiger charge is 2.08. The topological polar surface area (TPSA) is 71.8 Å². The Labute approximate surface area is 103 Å². The predicted octanol–water partition coefficient (Wildman–Crippen LogP) is 2.60. The number of oxime groups is 1. The van der Waals surface area contributed by atoms with Gasteiger partial charge >= 0.3 is 0 Å². The number of furan rings is 1. The number of halogens is 2. The van der Waals surface area contributed by atoms with Gasteiger partial charge in [-0.1, -0.05) is 17.3 Å². The minimum absolute atomic E-state index is 0. The molecule has 1 aromatic carbocycles. The van der Waals surface area contributed by atoms with E-state index in [-0.39, 0.29) is 29.8 Å². The highest BCUT2D eigenvalue weighted by molar-refractivity contribution is 5.94. The van der Waals surface area contributed by atoms with E-state index in [1.165, 1.54) is 12.1 Å². The van der Waals surface area contributed by atoms with Gasteiger partial charge in [0.15, 0.2) is 5.76 Å². The van der Waals surface area contributed by atoms with E-state index in [4.69, 9.17) is 15.4 Å².